The van der Waals surface area contributed by atoms with Gasteiger partial charge in [-0.25, -0.2) is 0 Å². The summed E-state index contributed by atoms with van der Waals surface area (Å²) in [4.78, 5) is 14.5. The highest BCUT2D eigenvalue weighted by Crippen LogP contribution is 2.36. The molecule has 0 bridgehead atoms. The molecule has 0 atom stereocenters. The lowest BCUT2D eigenvalue weighted by Crippen LogP contribution is -2.16. The number of hydrogen-bond donors (Lipinski definition) is 2. The molecular weight excluding hydrogens is 368 g/mol. The van der Waals surface area contributed by atoms with Gasteiger partial charge in [0, 0.05) is 5.56 Å². The predicted octanol–water partition coefficient (Wildman–Crippen LogP) is 3.26. The number of nitriles is 2. The van der Waals surface area contributed by atoms with E-state index in [1.807, 2.05) is 43.3 Å². The second-order valence-electron chi connectivity index (χ2n) is 6.36. The van der Waals surface area contributed by atoms with Gasteiger partial charge < -0.3 is 20.2 Å². The molecule has 2 aromatic carbocycles. The van der Waals surface area contributed by atoms with Crippen molar-refractivity contribution in [3.63, 3.8) is 0 Å². The smallest absolute Gasteiger partial charge is 0.268 e. The summed E-state index contributed by atoms with van der Waals surface area (Å²) in [6, 6.07) is 16.6. The number of aromatic nitrogens is 1. The first kappa shape index (κ1) is 19.5. The first-order valence-corrected chi connectivity index (χ1v) is 8.71. The Morgan fingerprint density at radius 2 is 1.83 bits per heavy atom. The van der Waals surface area contributed by atoms with Gasteiger partial charge in [0.05, 0.1) is 7.11 Å². The van der Waals surface area contributed by atoms with Gasteiger partial charge in [-0.15, -0.1) is 0 Å². The lowest BCUT2D eigenvalue weighted by Gasteiger charge is -2.14. The second-order valence-corrected chi connectivity index (χ2v) is 6.36. The Hall–Kier alpha value is -4.23. The number of hydrogen-bond acceptors (Lipinski definition) is 6. The van der Waals surface area contributed by atoms with Gasteiger partial charge in [-0.05, 0) is 30.2 Å². The molecule has 3 N–H and O–H groups in total. The third kappa shape index (κ3) is 3.90. The van der Waals surface area contributed by atoms with Crippen molar-refractivity contribution in [2.45, 2.75) is 13.5 Å². The Labute approximate surface area is 167 Å². The van der Waals surface area contributed by atoms with E-state index in [1.165, 1.54) is 7.11 Å². The predicted molar refractivity (Wildman–Crippen MR) is 108 cm³/mol. The molecule has 29 heavy (non-hydrogen) atoms. The number of anilines is 1. The van der Waals surface area contributed by atoms with Gasteiger partial charge in [0.1, 0.15) is 35.7 Å². The molecule has 7 heteroatoms. The van der Waals surface area contributed by atoms with Crippen LogP contribution in [-0.4, -0.2) is 12.1 Å². The Morgan fingerprint density at radius 1 is 1.07 bits per heavy atom. The van der Waals surface area contributed by atoms with E-state index in [0.29, 0.717) is 23.7 Å². The highest BCUT2D eigenvalue weighted by Gasteiger charge is 2.19. The SMILES string of the molecule is COc1ccc(-c2c(C#N)c(N)[nH]c(=O)c2C#N)cc1OCc1cccc(C)c1. The first-order valence-electron chi connectivity index (χ1n) is 8.71. The molecule has 0 unspecified atom stereocenters. The molecule has 0 saturated carbocycles. The molecule has 0 spiro atoms. The van der Waals surface area contributed by atoms with E-state index in [4.69, 9.17) is 15.2 Å². The number of nitrogen functional groups attached to an aromatic ring is 1. The molecule has 0 aliphatic carbocycles. The average molecular weight is 386 g/mol. The number of nitrogens with zero attached hydrogens (tertiary/aromatic N) is 2. The van der Waals surface area contributed by atoms with Crippen molar-refractivity contribution in [3.8, 4) is 34.8 Å². The zero-order valence-corrected chi connectivity index (χ0v) is 15.9. The fourth-order valence-corrected chi connectivity index (χ4v) is 3.04. The van der Waals surface area contributed by atoms with Crippen LogP contribution in [0, 0.1) is 29.6 Å². The summed E-state index contributed by atoms with van der Waals surface area (Å²) in [7, 11) is 1.52. The number of nitrogens with one attached hydrogen (secondary N) is 1. The maximum Gasteiger partial charge on any atom is 0.268 e. The Kier molecular flexibility index (Phi) is 5.52. The third-order valence-electron chi connectivity index (χ3n) is 4.40. The van der Waals surface area contributed by atoms with Gasteiger partial charge in [0.15, 0.2) is 11.5 Å². The third-order valence-corrected chi connectivity index (χ3v) is 4.40. The number of ether oxygens (including phenoxy) is 2. The summed E-state index contributed by atoms with van der Waals surface area (Å²) < 4.78 is 11.3. The monoisotopic (exact) mass is 386 g/mol. The fraction of sp³-hybridized carbons (Fsp3) is 0.136. The normalized spacial score (nSPS) is 10.1. The van der Waals surface area contributed by atoms with E-state index >= 15 is 0 Å². The van der Waals surface area contributed by atoms with E-state index in [9.17, 15) is 15.3 Å². The molecule has 1 heterocycles. The molecule has 1 aromatic heterocycles. The van der Waals surface area contributed by atoms with Crippen molar-refractivity contribution in [2.75, 3.05) is 12.8 Å². The molecule has 3 rings (SSSR count). The molecule has 0 radical (unpaired) electrons. The summed E-state index contributed by atoms with van der Waals surface area (Å²) in [5.41, 5.74) is 7.69. The van der Waals surface area contributed by atoms with Gasteiger partial charge in [-0.1, -0.05) is 35.9 Å². The lowest BCUT2D eigenvalue weighted by molar-refractivity contribution is 0.284. The van der Waals surface area contributed by atoms with Crippen molar-refractivity contribution in [1.29, 1.82) is 10.5 Å². The molecule has 0 saturated heterocycles. The van der Waals surface area contributed by atoms with E-state index in [1.54, 1.807) is 18.2 Å². The van der Waals surface area contributed by atoms with E-state index in [2.05, 4.69) is 4.98 Å². The van der Waals surface area contributed by atoms with Gasteiger partial charge in [0.25, 0.3) is 5.56 Å². The van der Waals surface area contributed by atoms with Crippen LogP contribution in [0.4, 0.5) is 5.82 Å². The summed E-state index contributed by atoms with van der Waals surface area (Å²) >= 11 is 0. The number of benzene rings is 2. The van der Waals surface area contributed by atoms with Crippen LogP contribution in [0.3, 0.4) is 0 Å². The van der Waals surface area contributed by atoms with Crippen molar-refractivity contribution < 1.29 is 9.47 Å². The number of aromatic amines is 1. The molecule has 0 aliphatic heterocycles. The molecular formula is C22H18N4O3. The van der Waals surface area contributed by atoms with Gasteiger partial charge in [-0.2, -0.15) is 10.5 Å². The topological polar surface area (TPSA) is 125 Å². The van der Waals surface area contributed by atoms with Crippen molar-refractivity contribution in [3.05, 3.63) is 75.1 Å². The minimum atomic E-state index is -0.656. The van der Waals surface area contributed by atoms with Crippen LogP contribution in [0.15, 0.2) is 47.3 Å². The second kappa shape index (κ2) is 8.20. The van der Waals surface area contributed by atoms with Crippen molar-refractivity contribution in [1.82, 2.24) is 4.98 Å². The fourth-order valence-electron chi connectivity index (χ4n) is 3.04. The quantitative estimate of drug-likeness (QED) is 0.693. The summed E-state index contributed by atoms with van der Waals surface area (Å²) in [6.07, 6.45) is 0. The summed E-state index contributed by atoms with van der Waals surface area (Å²) in [6.45, 7) is 2.30. The largest absolute Gasteiger partial charge is 0.493 e. The molecule has 0 fully saturated rings. The molecule has 3 aromatic rings. The Morgan fingerprint density at radius 3 is 2.48 bits per heavy atom. The van der Waals surface area contributed by atoms with Crippen LogP contribution in [-0.2, 0) is 6.61 Å². The Balaban J connectivity index is 2.10. The number of aryl methyl sites for hydroxylation is 1. The highest BCUT2D eigenvalue weighted by atomic mass is 16.5. The van der Waals surface area contributed by atoms with E-state index in [-0.39, 0.29) is 22.5 Å². The number of pyridine rings is 1. The van der Waals surface area contributed by atoms with Crippen LogP contribution in [0.25, 0.3) is 11.1 Å². The minimum Gasteiger partial charge on any atom is -0.493 e. The maximum absolute atomic E-state index is 12.2. The number of nitrogens with two attached hydrogens (primary N) is 1. The minimum absolute atomic E-state index is 0.0240. The lowest BCUT2D eigenvalue weighted by atomic mass is 9.96. The number of methoxy groups -OCH3 is 1. The maximum atomic E-state index is 12.2. The molecule has 7 nitrogen and oxygen atoms in total. The van der Waals surface area contributed by atoms with Crippen LogP contribution in [0.2, 0.25) is 0 Å². The summed E-state index contributed by atoms with van der Waals surface area (Å²) in [5.74, 6) is 0.805. The zero-order valence-electron chi connectivity index (χ0n) is 15.9. The van der Waals surface area contributed by atoms with Gasteiger partial charge >= 0.3 is 0 Å². The Bertz CT molecular complexity index is 1220. The van der Waals surface area contributed by atoms with Crippen molar-refractivity contribution in [2.24, 2.45) is 0 Å². The summed E-state index contributed by atoms with van der Waals surface area (Å²) in [5, 5.41) is 18.9. The van der Waals surface area contributed by atoms with Crippen LogP contribution >= 0.6 is 0 Å². The number of rotatable bonds is 5. The molecule has 0 aliphatic rings. The van der Waals surface area contributed by atoms with Gasteiger partial charge in [0.2, 0.25) is 0 Å². The van der Waals surface area contributed by atoms with Crippen LogP contribution in [0.5, 0.6) is 11.5 Å². The zero-order chi connectivity index (χ0) is 21.0. The van der Waals surface area contributed by atoms with Crippen LogP contribution < -0.4 is 20.8 Å². The van der Waals surface area contributed by atoms with Crippen molar-refractivity contribution >= 4 is 5.82 Å². The molecule has 0 amide bonds. The first-order chi connectivity index (χ1) is 14.0. The highest BCUT2D eigenvalue weighted by molar-refractivity contribution is 5.81. The molecule has 144 valence electrons. The standard InChI is InChI=1S/C22H18N4O3/c1-13-4-3-5-14(8-13)12-29-19-9-15(6-7-18(19)28-2)20-16(10-23)21(25)26-22(27)17(20)11-24/h3-9H,12H2,1-2H3,(H3,25,26,27). The number of H-pyrrole nitrogens is 1. The average Bonchev–Trinajstić information content (AvgIpc) is 2.71. The van der Waals surface area contributed by atoms with Gasteiger partial charge in [-0.3, -0.25) is 4.79 Å². The van der Waals surface area contributed by atoms with E-state index in [0.717, 1.165) is 11.1 Å². The van der Waals surface area contributed by atoms with Crippen LogP contribution in [0.1, 0.15) is 22.3 Å². The van der Waals surface area contributed by atoms with E-state index < -0.39 is 5.56 Å².